The molecule has 0 spiro atoms. The first-order valence-electron chi connectivity index (χ1n) is 5.68. The van der Waals surface area contributed by atoms with E-state index in [1.54, 1.807) is 0 Å². The Hall–Kier alpha value is -1.84. The van der Waals surface area contributed by atoms with Gasteiger partial charge in [0, 0.05) is 6.92 Å². The first kappa shape index (κ1) is 5.80. The molecule has 4 nitrogen and oxygen atoms in total. The minimum absolute atomic E-state index is 0.497. The summed E-state index contributed by atoms with van der Waals surface area (Å²) < 4.78 is 39.2. The van der Waals surface area contributed by atoms with Crippen LogP contribution in [0.4, 0.5) is 0 Å². The van der Waals surface area contributed by atoms with Crippen LogP contribution in [-0.2, 0) is 9.53 Å². The Morgan fingerprint density at radius 2 is 1.86 bits per heavy atom. The molecule has 1 aromatic rings. The Bertz CT molecular complexity index is 498. The van der Waals surface area contributed by atoms with Gasteiger partial charge in [-0.1, -0.05) is 0 Å². The van der Waals surface area contributed by atoms with Crippen LogP contribution < -0.4 is 4.74 Å². The summed E-state index contributed by atoms with van der Waals surface area (Å²) >= 11 is 0. The van der Waals surface area contributed by atoms with E-state index in [0.29, 0.717) is 0 Å². The molecule has 0 heterocycles. The summed E-state index contributed by atoms with van der Waals surface area (Å²) in [7, 11) is 1.06. The molecule has 0 unspecified atom stereocenters. The third kappa shape index (κ3) is 2.58. The second-order valence-corrected chi connectivity index (χ2v) is 2.29. The van der Waals surface area contributed by atoms with Gasteiger partial charge in [-0.3, -0.25) is 4.79 Å². The predicted octanol–water partition coefficient (Wildman–Crippen LogP) is 1.40. The van der Waals surface area contributed by atoms with Crippen LogP contribution in [0.1, 0.15) is 22.8 Å². The van der Waals surface area contributed by atoms with Crippen LogP contribution in [0.3, 0.4) is 0 Å². The number of esters is 2. The van der Waals surface area contributed by atoms with Gasteiger partial charge in [-0.05, 0) is 24.2 Å². The maximum absolute atomic E-state index is 11.4. The van der Waals surface area contributed by atoms with Gasteiger partial charge < -0.3 is 9.47 Å². The topological polar surface area (TPSA) is 52.6 Å². The SMILES string of the molecule is [2H]c1c([2H])c(C(=O)OC)c([2H])c([2H])c1OC(C)=O. The number of carbonyl (C=O) groups is 2. The van der Waals surface area contributed by atoms with Crippen LogP contribution in [0, 0.1) is 0 Å². The van der Waals surface area contributed by atoms with Gasteiger partial charge in [0.25, 0.3) is 0 Å². The van der Waals surface area contributed by atoms with Crippen LogP contribution in [0.2, 0.25) is 0 Å². The van der Waals surface area contributed by atoms with Crippen molar-refractivity contribution in [1.29, 1.82) is 0 Å². The van der Waals surface area contributed by atoms with E-state index >= 15 is 0 Å². The molecule has 0 radical (unpaired) electrons. The third-order valence-corrected chi connectivity index (χ3v) is 1.24. The standard InChI is InChI=1S/C10H10O4/c1-7(11)14-9-5-3-8(4-6-9)10(12)13-2/h3-6H,1-2H3/i3D,4D,5D,6D. The van der Waals surface area contributed by atoms with Crippen LogP contribution in [0.5, 0.6) is 5.75 Å². The molecule has 0 bridgehead atoms. The second-order valence-electron chi connectivity index (χ2n) is 2.29. The fourth-order valence-corrected chi connectivity index (χ4v) is 0.700. The molecule has 0 amide bonds. The zero-order valence-corrected chi connectivity index (χ0v) is 7.63. The zero-order chi connectivity index (χ0) is 14.0. The molecule has 0 aliphatic rings. The van der Waals surface area contributed by atoms with Gasteiger partial charge in [0.2, 0.25) is 0 Å². The lowest BCUT2D eigenvalue weighted by Gasteiger charge is -2.02. The van der Waals surface area contributed by atoms with Crippen molar-refractivity contribution < 1.29 is 24.5 Å². The lowest BCUT2D eigenvalue weighted by Crippen LogP contribution is -2.03. The lowest BCUT2D eigenvalue weighted by molar-refractivity contribution is -0.131. The molecule has 0 aliphatic carbocycles. The van der Waals surface area contributed by atoms with Crippen molar-refractivity contribution in [3.63, 3.8) is 0 Å². The van der Waals surface area contributed by atoms with E-state index in [-0.39, 0.29) is 0 Å². The molecular weight excluding hydrogens is 184 g/mol. The molecule has 0 aromatic heterocycles. The van der Waals surface area contributed by atoms with Crippen molar-refractivity contribution in [2.45, 2.75) is 6.92 Å². The van der Waals surface area contributed by atoms with E-state index in [4.69, 9.17) is 5.48 Å². The van der Waals surface area contributed by atoms with Crippen molar-refractivity contribution in [3.8, 4) is 5.75 Å². The van der Waals surface area contributed by atoms with Gasteiger partial charge in [0.15, 0.2) is 0 Å². The maximum Gasteiger partial charge on any atom is 0.337 e. The number of benzene rings is 1. The van der Waals surface area contributed by atoms with E-state index in [1.807, 2.05) is 0 Å². The van der Waals surface area contributed by atoms with Crippen LogP contribution in [-0.4, -0.2) is 19.0 Å². The van der Waals surface area contributed by atoms with Crippen LogP contribution in [0.25, 0.3) is 0 Å². The summed E-state index contributed by atoms with van der Waals surface area (Å²) in [5, 5.41) is 0. The number of methoxy groups -OCH3 is 1. The van der Waals surface area contributed by atoms with Crippen molar-refractivity contribution in [1.82, 2.24) is 0 Å². The summed E-state index contributed by atoms with van der Waals surface area (Å²) in [5.41, 5.74) is -0.497. The van der Waals surface area contributed by atoms with Gasteiger partial charge in [-0.15, -0.1) is 0 Å². The first-order chi connectivity index (χ1) is 8.31. The van der Waals surface area contributed by atoms with Crippen molar-refractivity contribution in [2.75, 3.05) is 7.11 Å². The highest BCUT2D eigenvalue weighted by atomic mass is 16.5. The van der Waals surface area contributed by atoms with E-state index in [1.165, 1.54) is 0 Å². The minimum Gasteiger partial charge on any atom is -0.465 e. The molecule has 0 atom stereocenters. The summed E-state index contributed by atoms with van der Waals surface area (Å²) in [6, 6.07) is -2.43. The summed E-state index contributed by atoms with van der Waals surface area (Å²) in [6.45, 7) is 1.07. The Balaban J connectivity index is 3.55. The average molecular weight is 198 g/mol. The third-order valence-electron chi connectivity index (χ3n) is 1.24. The Morgan fingerprint density at radius 3 is 2.29 bits per heavy atom. The number of ether oxygens (including phenoxy) is 2. The molecule has 14 heavy (non-hydrogen) atoms. The normalized spacial score (nSPS) is 13.3. The van der Waals surface area contributed by atoms with E-state index < -0.39 is 47.4 Å². The van der Waals surface area contributed by atoms with Gasteiger partial charge >= 0.3 is 11.9 Å². The van der Waals surface area contributed by atoms with Gasteiger partial charge in [0.05, 0.1) is 18.2 Å². The number of carbonyl (C=O) groups excluding carboxylic acids is 2. The maximum atomic E-state index is 11.4. The smallest absolute Gasteiger partial charge is 0.337 e. The molecule has 4 heteroatoms. The van der Waals surface area contributed by atoms with Crippen molar-refractivity contribution in [2.24, 2.45) is 0 Å². The molecule has 0 fully saturated rings. The number of hydrogen-bond acceptors (Lipinski definition) is 4. The molecule has 0 aliphatic heterocycles. The first-order valence-corrected chi connectivity index (χ1v) is 3.68. The van der Waals surface area contributed by atoms with Crippen LogP contribution in [0.15, 0.2) is 24.2 Å². The summed E-state index contributed by atoms with van der Waals surface area (Å²) in [5.74, 6) is -2.27. The Kier molecular flexibility index (Phi) is 1.83. The highest BCUT2D eigenvalue weighted by Gasteiger charge is 2.05. The zero-order valence-electron chi connectivity index (χ0n) is 11.6. The molecule has 74 valence electrons. The molecular formula is C10H10O4. The lowest BCUT2D eigenvalue weighted by atomic mass is 10.2. The molecule has 0 saturated carbocycles. The van der Waals surface area contributed by atoms with Crippen molar-refractivity contribution in [3.05, 3.63) is 29.7 Å². The monoisotopic (exact) mass is 198 g/mol. The van der Waals surface area contributed by atoms with Crippen molar-refractivity contribution >= 4 is 11.9 Å². The molecule has 1 rings (SSSR count). The quantitative estimate of drug-likeness (QED) is 0.532. The van der Waals surface area contributed by atoms with E-state index in [2.05, 4.69) is 9.47 Å². The van der Waals surface area contributed by atoms with Gasteiger partial charge in [-0.2, -0.15) is 0 Å². The fraction of sp³-hybridized carbons (Fsp3) is 0.200. The number of hydrogen-bond donors (Lipinski definition) is 0. The minimum atomic E-state index is -0.985. The molecule has 1 aromatic carbocycles. The largest absolute Gasteiger partial charge is 0.465 e. The fourth-order valence-electron chi connectivity index (χ4n) is 0.700. The van der Waals surface area contributed by atoms with E-state index in [9.17, 15) is 9.59 Å². The summed E-state index contributed by atoms with van der Waals surface area (Å²) in [6.07, 6.45) is 0. The van der Waals surface area contributed by atoms with Gasteiger partial charge in [0.1, 0.15) is 5.75 Å². The molecule has 0 saturated heterocycles. The Labute approximate surface area is 87.1 Å². The second kappa shape index (κ2) is 4.41. The highest BCUT2D eigenvalue weighted by Crippen LogP contribution is 2.12. The Morgan fingerprint density at radius 1 is 1.29 bits per heavy atom. The summed E-state index contributed by atoms with van der Waals surface area (Å²) in [4.78, 5) is 22.2. The highest BCUT2D eigenvalue weighted by molar-refractivity contribution is 5.89. The predicted molar refractivity (Wildman–Crippen MR) is 49.1 cm³/mol. The van der Waals surface area contributed by atoms with E-state index in [0.717, 1.165) is 14.0 Å². The van der Waals surface area contributed by atoms with Crippen LogP contribution >= 0.6 is 0 Å². The number of rotatable bonds is 2. The van der Waals surface area contributed by atoms with Gasteiger partial charge in [-0.25, -0.2) is 4.79 Å². The average Bonchev–Trinajstić information content (AvgIpc) is 2.31. The molecule has 0 N–H and O–H groups in total.